The summed E-state index contributed by atoms with van der Waals surface area (Å²) in [5.41, 5.74) is 4.07. The molecule has 0 spiro atoms. The SMILES string of the molecule is N#CCCN(C(=O)c1cnccc1NN)c1ccccc1. The zero-order valence-electron chi connectivity index (χ0n) is 11.4. The number of nitrogens with two attached hydrogens (primary N) is 1. The molecule has 0 bridgehead atoms. The number of nitrogens with zero attached hydrogens (tertiary/aromatic N) is 3. The summed E-state index contributed by atoms with van der Waals surface area (Å²) in [5.74, 6) is 5.17. The van der Waals surface area contributed by atoms with Gasteiger partial charge >= 0.3 is 0 Å². The van der Waals surface area contributed by atoms with Crippen molar-refractivity contribution in [2.24, 2.45) is 5.84 Å². The van der Waals surface area contributed by atoms with Crippen molar-refractivity contribution in [3.05, 3.63) is 54.4 Å². The molecule has 0 saturated carbocycles. The van der Waals surface area contributed by atoms with E-state index in [0.717, 1.165) is 5.69 Å². The number of nitrogen functional groups attached to an aromatic ring is 1. The number of aromatic nitrogens is 1. The van der Waals surface area contributed by atoms with Gasteiger partial charge in [0.05, 0.1) is 23.7 Å². The van der Waals surface area contributed by atoms with E-state index in [4.69, 9.17) is 11.1 Å². The Morgan fingerprint density at radius 3 is 2.76 bits per heavy atom. The fourth-order valence-electron chi connectivity index (χ4n) is 1.95. The summed E-state index contributed by atoms with van der Waals surface area (Å²) in [4.78, 5) is 18.2. The summed E-state index contributed by atoms with van der Waals surface area (Å²) in [6.07, 6.45) is 3.25. The number of rotatable bonds is 5. The maximum Gasteiger partial charge on any atom is 0.262 e. The molecule has 1 aromatic heterocycles. The molecule has 0 radical (unpaired) electrons. The van der Waals surface area contributed by atoms with Crippen LogP contribution in [0.1, 0.15) is 16.8 Å². The van der Waals surface area contributed by atoms with Crippen LogP contribution >= 0.6 is 0 Å². The van der Waals surface area contributed by atoms with Gasteiger partial charge in [-0.1, -0.05) is 18.2 Å². The molecule has 0 unspecified atom stereocenters. The van der Waals surface area contributed by atoms with Crippen LogP contribution in [0.4, 0.5) is 11.4 Å². The van der Waals surface area contributed by atoms with Crippen molar-refractivity contribution in [2.45, 2.75) is 6.42 Å². The van der Waals surface area contributed by atoms with Crippen molar-refractivity contribution in [3.8, 4) is 6.07 Å². The molecule has 0 aliphatic carbocycles. The van der Waals surface area contributed by atoms with E-state index in [1.807, 2.05) is 30.3 Å². The maximum atomic E-state index is 12.7. The number of hydrogen-bond donors (Lipinski definition) is 2. The van der Waals surface area contributed by atoms with Crippen molar-refractivity contribution in [2.75, 3.05) is 16.9 Å². The van der Waals surface area contributed by atoms with Gasteiger partial charge in [-0.25, -0.2) is 0 Å². The summed E-state index contributed by atoms with van der Waals surface area (Å²) in [5, 5.41) is 8.78. The topological polar surface area (TPSA) is 95.0 Å². The molecule has 6 heteroatoms. The Hall–Kier alpha value is -2.91. The van der Waals surface area contributed by atoms with E-state index in [-0.39, 0.29) is 12.3 Å². The maximum absolute atomic E-state index is 12.7. The molecule has 0 aliphatic heterocycles. The van der Waals surface area contributed by atoms with Crippen molar-refractivity contribution in [1.82, 2.24) is 4.98 Å². The number of amides is 1. The zero-order chi connectivity index (χ0) is 15.1. The van der Waals surface area contributed by atoms with Crippen LogP contribution in [0.3, 0.4) is 0 Å². The van der Waals surface area contributed by atoms with Crippen LogP contribution < -0.4 is 16.2 Å². The summed E-state index contributed by atoms with van der Waals surface area (Å²) in [6.45, 7) is 0.304. The number of carbonyl (C=O) groups is 1. The molecule has 106 valence electrons. The standard InChI is InChI=1S/C15H15N5O/c16-8-4-10-20(12-5-2-1-3-6-12)15(21)13-11-18-9-7-14(13)19-17/h1-3,5-7,9,11H,4,10,17H2,(H,18,19). The summed E-state index contributed by atoms with van der Waals surface area (Å²) in [7, 11) is 0. The number of nitrogens with one attached hydrogen (secondary N) is 1. The fourth-order valence-corrected chi connectivity index (χ4v) is 1.95. The molecule has 3 N–H and O–H groups in total. The average molecular weight is 281 g/mol. The molecule has 6 nitrogen and oxygen atoms in total. The molecule has 0 aliphatic rings. The Kier molecular flexibility index (Phi) is 4.85. The number of carbonyl (C=O) groups excluding carboxylic acids is 1. The molecule has 1 heterocycles. The minimum atomic E-state index is -0.252. The highest BCUT2D eigenvalue weighted by atomic mass is 16.2. The average Bonchev–Trinajstić information content (AvgIpc) is 2.56. The fraction of sp³-hybridized carbons (Fsp3) is 0.133. The monoisotopic (exact) mass is 281 g/mol. The minimum Gasteiger partial charge on any atom is -0.323 e. The molecule has 2 aromatic rings. The Labute approximate surface area is 122 Å². The Morgan fingerprint density at radius 1 is 1.33 bits per heavy atom. The lowest BCUT2D eigenvalue weighted by atomic mass is 10.2. The molecular weight excluding hydrogens is 266 g/mol. The second kappa shape index (κ2) is 7.03. The van der Waals surface area contributed by atoms with Crippen molar-refractivity contribution in [3.63, 3.8) is 0 Å². The molecular formula is C15H15N5O. The lowest BCUT2D eigenvalue weighted by Crippen LogP contribution is -2.32. The van der Waals surface area contributed by atoms with Crippen LogP contribution in [-0.2, 0) is 0 Å². The number of hydrazine groups is 1. The highest BCUT2D eigenvalue weighted by Gasteiger charge is 2.20. The number of para-hydroxylation sites is 1. The first-order valence-corrected chi connectivity index (χ1v) is 6.42. The molecule has 0 fully saturated rings. The Balaban J connectivity index is 2.37. The summed E-state index contributed by atoms with van der Waals surface area (Å²) >= 11 is 0. The predicted octanol–water partition coefficient (Wildman–Crippen LogP) is 1.93. The predicted molar refractivity (Wildman–Crippen MR) is 80.4 cm³/mol. The van der Waals surface area contributed by atoms with Gasteiger partial charge in [0.15, 0.2) is 0 Å². The highest BCUT2D eigenvalue weighted by molar-refractivity contribution is 6.09. The first kappa shape index (κ1) is 14.5. The van der Waals surface area contributed by atoms with E-state index < -0.39 is 0 Å². The van der Waals surface area contributed by atoms with E-state index in [2.05, 4.69) is 16.5 Å². The van der Waals surface area contributed by atoms with Crippen LogP contribution in [0.2, 0.25) is 0 Å². The minimum absolute atomic E-state index is 0.242. The van der Waals surface area contributed by atoms with Gasteiger partial charge in [-0.2, -0.15) is 5.26 Å². The first-order valence-electron chi connectivity index (χ1n) is 6.42. The number of nitriles is 1. The van der Waals surface area contributed by atoms with Gasteiger partial charge in [0.1, 0.15) is 0 Å². The number of benzene rings is 1. The number of anilines is 2. The largest absolute Gasteiger partial charge is 0.323 e. The van der Waals surface area contributed by atoms with Crippen molar-refractivity contribution < 1.29 is 4.79 Å². The highest BCUT2D eigenvalue weighted by Crippen LogP contribution is 2.20. The van der Waals surface area contributed by atoms with Crippen LogP contribution in [-0.4, -0.2) is 17.4 Å². The zero-order valence-corrected chi connectivity index (χ0v) is 11.4. The van der Waals surface area contributed by atoms with Crippen LogP contribution in [0.15, 0.2) is 48.8 Å². The van der Waals surface area contributed by atoms with Crippen LogP contribution in [0.5, 0.6) is 0 Å². The smallest absolute Gasteiger partial charge is 0.262 e. The second-order valence-corrected chi connectivity index (χ2v) is 4.27. The van der Waals surface area contributed by atoms with Gasteiger partial charge in [-0.3, -0.25) is 15.6 Å². The molecule has 1 aromatic carbocycles. The van der Waals surface area contributed by atoms with Crippen LogP contribution in [0.25, 0.3) is 0 Å². The van der Waals surface area contributed by atoms with Crippen molar-refractivity contribution >= 4 is 17.3 Å². The number of hydrogen-bond acceptors (Lipinski definition) is 5. The van der Waals surface area contributed by atoms with Gasteiger partial charge in [-0.15, -0.1) is 0 Å². The van der Waals surface area contributed by atoms with Gasteiger partial charge < -0.3 is 10.3 Å². The van der Waals surface area contributed by atoms with Gasteiger partial charge in [0.2, 0.25) is 0 Å². The second-order valence-electron chi connectivity index (χ2n) is 4.27. The lowest BCUT2D eigenvalue weighted by Gasteiger charge is -2.22. The Bertz CT molecular complexity index is 651. The molecule has 0 atom stereocenters. The summed E-state index contributed by atoms with van der Waals surface area (Å²) in [6, 6.07) is 12.9. The third kappa shape index (κ3) is 3.35. The number of pyridine rings is 1. The molecule has 2 rings (SSSR count). The van der Waals surface area contributed by atoms with Crippen molar-refractivity contribution in [1.29, 1.82) is 5.26 Å². The van der Waals surface area contributed by atoms with E-state index >= 15 is 0 Å². The summed E-state index contributed by atoms with van der Waals surface area (Å²) < 4.78 is 0. The van der Waals surface area contributed by atoms with E-state index in [1.165, 1.54) is 6.20 Å². The van der Waals surface area contributed by atoms with E-state index in [0.29, 0.717) is 17.8 Å². The Morgan fingerprint density at radius 2 is 2.10 bits per heavy atom. The van der Waals surface area contributed by atoms with E-state index in [1.54, 1.807) is 17.2 Å². The third-order valence-corrected chi connectivity index (χ3v) is 2.97. The normalized spacial score (nSPS) is 9.71. The molecule has 0 saturated heterocycles. The molecule has 1 amide bonds. The van der Waals surface area contributed by atoms with Gasteiger partial charge in [0.25, 0.3) is 5.91 Å². The third-order valence-electron chi connectivity index (χ3n) is 2.97. The van der Waals surface area contributed by atoms with Gasteiger partial charge in [0, 0.05) is 24.6 Å². The van der Waals surface area contributed by atoms with E-state index in [9.17, 15) is 4.79 Å². The first-order chi connectivity index (χ1) is 10.3. The molecule has 21 heavy (non-hydrogen) atoms. The van der Waals surface area contributed by atoms with Crippen LogP contribution in [0, 0.1) is 11.3 Å². The quantitative estimate of drug-likeness (QED) is 0.645. The lowest BCUT2D eigenvalue weighted by molar-refractivity contribution is 0.0988. The van der Waals surface area contributed by atoms with Gasteiger partial charge in [-0.05, 0) is 18.2 Å².